The number of hydrogen-bond donors (Lipinski definition) is 3. The summed E-state index contributed by atoms with van der Waals surface area (Å²) < 4.78 is 19.5. The predicted molar refractivity (Wildman–Crippen MR) is 121 cm³/mol. The van der Waals surface area contributed by atoms with Crippen molar-refractivity contribution >= 4 is 16.9 Å². The lowest BCUT2D eigenvalue weighted by molar-refractivity contribution is 0.259. The van der Waals surface area contributed by atoms with Gasteiger partial charge >= 0.3 is 0 Å². The fourth-order valence-corrected chi connectivity index (χ4v) is 3.20. The minimum atomic E-state index is -0.222. The van der Waals surface area contributed by atoms with Crippen LogP contribution in [-0.4, -0.2) is 56.7 Å². The number of fused-ring (bicyclic) bond motifs is 1. The van der Waals surface area contributed by atoms with Gasteiger partial charge in [-0.15, -0.1) is 0 Å². The summed E-state index contributed by atoms with van der Waals surface area (Å²) in [7, 11) is 5.80. The smallest absolute Gasteiger partial charge is 0.191 e. The standard InChI is InChI=1S/C23H30FN5O/c1-25-23(26-11-10-17-15-27-21-9-8-19(24)14-20(17)21)28-16-18-6-4-5-7-22(18)30-13-12-29(2)3/h4-9,14-15,27H,10-13,16H2,1-3H3,(H2,25,26,28). The molecule has 3 rings (SSSR count). The third kappa shape index (κ3) is 5.97. The van der Waals surface area contributed by atoms with E-state index in [0.29, 0.717) is 25.7 Å². The second-order valence-corrected chi connectivity index (χ2v) is 7.37. The van der Waals surface area contributed by atoms with E-state index in [2.05, 4.69) is 25.5 Å². The van der Waals surface area contributed by atoms with E-state index in [0.717, 1.165) is 40.7 Å². The first-order valence-corrected chi connectivity index (χ1v) is 10.1. The minimum Gasteiger partial charge on any atom is -0.492 e. The van der Waals surface area contributed by atoms with Crippen molar-refractivity contribution in [2.75, 3.05) is 40.8 Å². The molecular weight excluding hydrogens is 381 g/mol. The summed E-state index contributed by atoms with van der Waals surface area (Å²) in [5, 5.41) is 7.57. The van der Waals surface area contributed by atoms with E-state index in [4.69, 9.17) is 4.74 Å². The molecule has 0 amide bonds. The Kier molecular flexibility index (Phi) is 7.68. The molecule has 30 heavy (non-hydrogen) atoms. The molecular formula is C23H30FN5O. The Morgan fingerprint density at radius 1 is 1.13 bits per heavy atom. The Bertz CT molecular complexity index is 983. The molecule has 160 valence electrons. The van der Waals surface area contributed by atoms with E-state index in [1.807, 2.05) is 44.6 Å². The number of aliphatic imine (C=N–C) groups is 1. The number of hydrogen-bond acceptors (Lipinski definition) is 3. The van der Waals surface area contributed by atoms with Crippen LogP contribution in [0.4, 0.5) is 4.39 Å². The molecule has 0 spiro atoms. The number of likely N-dealkylation sites (N-methyl/N-ethyl adjacent to an activating group) is 1. The van der Waals surface area contributed by atoms with Gasteiger partial charge in [0.2, 0.25) is 0 Å². The van der Waals surface area contributed by atoms with Crippen LogP contribution in [0, 0.1) is 5.82 Å². The van der Waals surface area contributed by atoms with E-state index >= 15 is 0 Å². The van der Waals surface area contributed by atoms with Gasteiger partial charge in [0.25, 0.3) is 0 Å². The quantitative estimate of drug-likeness (QED) is 0.374. The van der Waals surface area contributed by atoms with Crippen molar-refractivity contribution in [1.29, 1.82) is 0 Å². The number of para-hydroxylation sites is 1. The van der Waals surface area contributed by atoms with Crippen LogP contribution in [0.3, 0.4) is 0 Å². The van der Waals surface area contributed by atoms with E-state index in [1.54, 1.807) is 19.2 Å². The number of aromatic amines is 1. The first kappa shape index (κ1) is 21.6. The van der Waals surface area contributed by atoms with Gasteiger partial charge in [-0.05, 0) is 50.3 Å². The van der Waals surface area contributed by atoms with Crippen molar-refractivity contribution in [2.24, 2.45) is 4.99 Å². The Hall–Kier alpha value is -3.06. The number of benzene rings is 2. The fraction of sp³-hybridized carbons (Fsp3) is 0.348. The Morgan fingerprint density at radius 3 is 2.77 bits per heavy atom. The third-order valence-electron chi connectivity index (χ3n) is 4.85. The monoisotopic (exact) mass is 411 g/mol. The zero-order valence-corrected chi connectivity index (χ0v) is 17.8. The zero-order chi connectivity index (χ0) is 21.3. The molecule has 7 heteroatoms. The first-order valence-electron chi connectivity index (χ1n) is 10.1. The molecule has 0 atom stereocenters. The summed E-state index contributed by atoms with van der Waals surface area (Å²) in [6, 6.07) is 12.8. The van der Waals surface area contributed by atoms with Crippen molar-refractivity contribution in [2.45, 2.75) is 13.0 Å². The maximum absolute atomic E-state index is 13.5. The molecule has 0 fully saturated rings. The summed E-state index contributed by atoms with van der Waals surface area (Å²) in [4.78, 5) is 9.57. The van der Waals surface area contributed by atoms with Gasteiger partial charge < -0.3 is 25.3 Å². The molecule has 3 aromatic rings. The molecule has 6 nitrogen and oxygen atoms in total. The molecule has 1 aromatic heterocycles. The van der Waals surface area contributed by atoms with Crippen LogP contribution in [0.15, 0.2) is 53.7 Å². The SMILES string of the molecule is CN=C(NCCc1c[nH]c2ccc(F)cc12)NCc1ccccc1OCCN(C)C. The van der Waals surface area contributed by atoms with Crippen LogP contribution in [0.5, 0.6) is 5.75 Å². The molecule has 0 aliphatic rings. The Morgan fingerprint density at radius 2 is 1.97 bits per heavy atom. The summed E-state index contributed by atoms with van der Waals surface area (Å²) in [6.45, 7) is 2.80. The van der Waals surface area contributed by atoms with E-state index in [-0.39, 0.29) is 5.82 Å². The van der Waals surface area contributed by atoms with Crippen LogP contribution >= 0.6 is 0 Å². The zero-order valence-electron chi connectivity index (χ0n) is 17.8. The average Bonchev–Trinajstić information content (AvgIpc) is 3.13. The average molecular weight is 412 g/mol. The van der Waals surface area contributed by atoms with Crippen LogP contribution in [0.2, 0.25) is 0 Å². The van der Waals surface area contributed by atoms with E-state index < -0.39 is 0 Å². The highest BCUT2D eigenvalue weighted by molar-refractivity contribution is 5.83. The van der Waals surface area contributed by atoms with Crippen LogP contribution in [-0.2, 0) is 13.0 Å². The van der Waals surface area contributed by atoms with Gasteiger partial charge in [0.1, 0.15) is 18.2 Å². The molecule has 0 radical (unpaired) electrons. The van der Waals surface area contributed by atoms with Gasteiger partial charge in [-0.25, -0.2) is 4.39 Å². The van der Waals surface area contributed by atoms with Crippen LogP contribution < -0.4 is 15.4 Å². The second-order valence-electron chi connectivity index (χ2n) is 7.37. The van der Waals surface area contributed by atoms with Gasteiger partial charge in [-0.3, -0.25) is 4.99 Å². The highest BCUT2D eigenvalue weighted by atomic mass is 19.1. The molecule has 0 saturated heterocycles. The lowest BCUT2D eigenvalue weighted by Crippen LogP contribution is -2.37. The molecule has 1 heterocycles. The summed E-state index contributed by atoms with van der Waals surface area (Å²) in [5.41, 5.74) is 3.10. The molecule has 0 bridgehead atoms. The molecule has 0 aliphatic carbocycles. The number of aromatic nitrogens is 1. The van der Waals surface area contributed by atoms with Gasteiger partial charge in [-0.1, -0.05) is 18.2 Å². The van der Waals surface area contributed by atoms with Crippen LogP contribution in [0.1, 0.15) is 11.1 Å². The van der Waals surface area contributed by atoms with E-state index in [1.165, 1.54) is 6.07 Å². The molecule has 0 saturated carbocycles. The van der Waals surface area contributed by atoms with E-state index in [9.17, 15) is 4.39 Å². The van der Waals surface area contributed by atoms with Gasteiger partial charge in [-0.2, -0.15) is 0 Å². The fourth-order valence-electron chi connectivity index (χ4n) is 3.20. The number of guanidine groups is 1. The van der Waals surface area contributed by atoms with Gasteiger partial charge in [0.15, 0.2) is 5.96 Å². The first-order chi connectivity index (χ1) is 14.6. The highest BCUT2D eigenvalue weighted by Crippen LogP contribution is 2.20. The number of halogens is 1. The maximum atomic E-state index is 13.5. The Balaban J connectivity index is 1.51. The van der Waals surface area contributed by atoms with Gasteiger partial charge in [0.05, 0.1) is 0 Å². The molecule has 0 unspecified atom stereocenters. The van der Waals surface area contributed by atoms with Crippen molar-refractivity contribution in [3.63, 3.8) is 0 Å². The summed E-state index contributed by atoms with van der Waals surface area (Å²) in [6.07, 6.45) is 2.69. The number of H-pyrrole nitrogens is 1. The van der Waals surface area contributed by atoms with Gasteiger partial charge in [0, 0.05) is 49.3 Å². The topological polar surface area (TPSA) is 64.7 Å². The van der Waals surface area contributed by atoms with Crippen molar-refractivity contribution in [3.8, 4) is 5.75 Å². The largest absolute Gasteiger partial charge is 0.492 e. The summed E-state index contributed by atoms with van der Waals surface area (Å²) in [5.74, 6) is 1.37. The number of rotatable bonds is 9. The number of ether oxygens (including phenoxy) is 1. The number of nitrogens with one attached hydrogen (secondary N) is 3. The lowest BCUT2D eigenvalue weighted by atomic mass is 10.1. The van der Waals surface area contributed by atoms with Crippen molar-refractivity contribution in [3.05, 3.63) is 65.6 Å². The maximum Gasteiger partial charge on any atom is 0.191 e. The summed E-state index contributed by atoms with van der Waals surface area (Å²) >= 11 is 0. The van der Waals surface area contributed by atoms with Crippen LogP contribution in [0.25, 0.3) is 10.9 Å². The van der Waals surface area contributed by atoms with Crippen molar-refractivity contribution in [1.82, 2.24) is 20.5 Å². The predicted octanol–water partition coefficient (Wildman–Crippen LogP) is 3.16. The highest BCUT2D eigenvalue weighted by Gasteiger charge is 2.07. The third-order valence-corrected chi connectivity index (χ3v) is 4.85. The number of nitrogens with zero attached hydrogens (tertiary/aromatic N) is 2. The molecule has 0 aliphatic heterocycles. The normalized spacial score (nSPS) is 11.8. The van der Waals surface area contributed by atoms with Crippen molar-refractivity contribution < 1.29 is 9.13 Å². The molecule has 2 aromatic carbocycles. The molecule has 3 N–H and O–H groups in total. The lowest BCUT2D eigenvalue weighted by Gasteiger charge is -2.16. The minimum absolute atomic E-state index is 0.222. The second kappa shape index (κ2) is 10.6. The Labute approximate surface area is 177 Å².